The van der Waals surface area contributed by atoms with E-state index in [9.17, 15) is 40.8 Å². The summed E-state index contributed by atoms with van der Waals surface area (Å²) in [7, 11) is -4.13. The minimum Gasteiger partial charge on any atom is -0.453 e. The van der Waals surface area contributed by atoms with Gasteiger partial charge in [-0.25, -0.2) is 13.2 Å². The highest BCUT2D eigenvalue weighted by Gasteiger charge is 2.59. The number of nitrogens with two attached hydrogens (primary N) is 2. The van der Waals surface area contributed by atoms with Gasteiger partial charge in [-0.05, 0) is 41.9 Å². The molecule has 1 saturated carbocycles. The number of rotatable bonds is 16. The monoisotopic (exact) mass is 807 g/mol. The number of fused-ring (bicyclic) bond motifs is 1. The third kappa shape index (κ3) is 10.5. The van der Waals surface area contributed by atoms with Crippen LogP contribution in [0.1, 0.15) is 82.8 Å². The van der Waals surface area contributed by atoms with Crippen molar-refractivity contribution in [3.8, 4) is 0 Å². The van der Waals surface area contributed by atoms with Gasteiger partial charge in [0, 0.05) is 25.9 Å². The highest BCUT2D eigenvalue weighted by molar-refractivity contribution is 7.91. The van der Waals surface area contributed by atoms with Crippen molar-refractivity contribution in [2.24, 2.45) is 23.3 Å². The smallest absolute Gasteiger partial charge is 0.453 e. The zero-order valence-corrected chi connectivity index (χ0v) is 32.7. The number of halogens is 3. The normalized spacial score (nSPS) is 19.5. The fourth-order valence-electron chi connectivity index (χ4n) is 7.76. The van der Waals surface area contributed by atoms with E-state index in [0.29, 0.717) is 23.3 Å². The van der Waals surface area contributed by atoms with Crippen LogP contribution in [0.2, 0.25) is 0 Å². The molecule has 1 unspecified atom stereocenters. The van der Waals surface area contributed by atoms with Crippen molar-refractivity contribution in [2.45, 2.75) is 113 Å². The van der Waals surface area contributed by atoms with Gasteiger partial charge in [0.25, 0.3) is 0 Å². The van der Waals surface area contributed by atoms with Gasteiger partial charge >= 0.3 is 12.1 Å². The summed E-state index contributed by atoms with van der Waals surface area (Å²) < 4.78 is 73.4. The van der Waals surface area contributed by atoms with Crippen molar-refractivity contribution in [2.75, 3.05) is 18.8 Å². The number of amides is 4. The number of hydrogen-bond donors (Lipinski definition) is 4. The number of alkyl halides is 3. The van der Waals surface area contributed by atoms with Gasteiger partial charge in [-0.2, -0.15) is 13.2 Å². The number of sulfone groups is 1. The Morgan fingerprint density at radius 1 is 0.964 bits per heavy atom. The molecule has 56 heavy (non-hydrogen) atoms. The van der Waals surface area contributed by atoms with E-state index in [1.807, 2.05) is 0 Å². The lowest BCUT2D eigenvalue weighted by Gasteiger charge is -2.46. The van der Waals surface area contributed by atoms with Gasteiger partial charge in [-0.1, -0.05) is 94.5 Å². The van der Waals surface area contributed by atoms with Gasteiger partial charge in [-0.15, -0.1) is 0 Å². The Morgan fingerprint density at radius 3 is 2.18 bits per heavy atom. The summed E-state index contributed by atoms with van der Waals surface area (Å²) in [5.41, 5.74) is 11.0. The second-order valence-electron chi connectivity index (χ2n) is 15.2. The van der Waals surface area contributed by atoms with Crippen LogP contribution < -0.4 is 22.1 Å². The maximum absolute atomic E-state index is 15.2. The number of esters is 1. The first kappa shape index (κ1) is 44.4. The fraction of sp³-hybridized carbons (Fsp3) is 0.564. The predicted molar refractivity (Wildman–Crippen MR) is 200 cm³/mol. The Kier molecular flexibility index (Phi) is 14.8. The van der Waals surface area contributed by atoms with Crippen LogP contribution in [-0.2, 0) is 45.0 Å². The Labute approximate surface area is 325 Å². The molecule has 2 aliphatic rings. The minimum absolute atomic E-state index is 0.0352. The van der Waals surface area contributed by atoms with Crippen molar-refractivity contribution < 1.29 is 50.3 Å². The quantitative estimate of drug-likeness (QED) is 0.182. The molecule has 1 aliphatic heterocycles. The molecular formula is C39H52F3N5O8S. The molecule has 0 bridgehead atoms. The topological polar surface area (TPSA) is 208 Å². The number of nitrogens with zero attached hydrogens (tertiary/aromatic N) is 1. The van der Waals surface area contributed by atoms with E-state index in [1.54, 1.807) is 44.2 Å². The molecule has 5 atom stereocenters. The van der Waals surface area contributed by atoms with Crippen molar-refractivity contribution >= 4 is 39.4 Å². The Balaban J connectivity index is 1.89. The summed E-state index contributed by atoms with van der Waals surface area (Å²) in [5, 5.41) is 5.27. The molecule has 2 aromatic carbocycles. The molecule has 0 radical (unpaired) electrons. The summed E-state index contributed by atoms with van der Waals surface area (Å²) in [4.78, 5) is 69.4. The number of hydrogen-bond acceptors (Lipinski definition) is 10. The number of carbonyl (C=O) groups excluding carboxylic acids is 5. The molecule has 4 rings (SSSR count). The third-order valence-corrected chi connectivity index (χ3v) is 12.3. The number of benzene rings is 2. The summed E-state index contributed by atoms with van der Waals surface area (Å²) in [6.07, 6.45) is -4.55. The lowest BCUT2D eigenvalue weighted by atomic mass is 9.76. The number of nitrogens with one attached hydrogen (secondary N) is 2. The molecule has 6 N–H and O–H groups in total. The SMILES string of the molecule is CC(=O)N(C(=O)[C@@H](N)Cc1ccccc1)[C@@](CN)(C(=O)N[C@@H](CC1CCCCC1)[C@H](CC(=O)NCC(C)C)OC(=O)C(F)(F)F)C1CS(=O)(=O)c2ccccc21. The first-order valence-electron chi connectivity index (χ1n) is 18.8. The van der Waals surface area contributed by atoms with Crippen LogP contribution in [0.4, 0.5) is 13.2 Å². The molecule has 17 heteroatoms. The fourth-order valence-corrected chi connectivity index (χ4v) is 9.69. The number of carbonyl (C=O) groups is 5. The maximum atomic E-state index is 15.2. The lowest BCUT2D eigenvalue weighted by molar-refractivity contribution is -0.206. The Hall–Kier alpha value is -4.35. The highest BCUT2D eigenvalue weighted by Crippen LogP contribution is 2.44. The first-order chi connectivity index (χ1) is 26.3. The zero-order chi connectivity index (χ0) is 41.4. The van der Waals surface area contributed by atoms with Gasteiger partial charge in [0.15, 0.2) is 9.84 Å². The van der Waals surface area contributed by atoms with Crippen molar-refractivity contribution in [1.29, 1.82) is 0 Å². The van der Waals surface area contributed by atoms with E-state index in [2.05, 4.69) is 10.6 Å². The highest BCUT2D eigenvalue weighted by atomic mass is 32.2. The molecule has 0 aromatic heterocycles. The largest absolute Gasteiger partial charge is 0.490 e. The average Bonchev–Trinajstić information content (AvgIpc) is 3.42. The van der Waals surface area contributed by atoms with Crippen LogP contribution in [0.5, 0.6) is 0 Å². The van der Waals surface area contributed by atoms with E-state index in [4.69, 9.17) is 16.2 Å². The molecule has 0 saturated heterocycles. The molecule has 1 aliphatic carbocycles. The molecule has 2 aromatic rings. The number of ether oxygens (including phenoxy) is 1. The molecular weight excluding hydrogens is 756 g/mol. The molecule has 0 spiro atoms. The third-order valence-electron chi connectivity index (χ3n) is 10.5. The van der Waals surface area contributed by atoms with E-state index in [-0.39, 0.29) is 41.7 Å². The first-order valence-corrected chi connectivity index (χ1v) is 20.5. The molecule has 1 heterocycles. The Bertz CT molecular complexity index is 1840. The second kappa shape index (κ2) is 18.7. The van der Waals surface area contributed by atoms with Crippen LogP contribution in [0.3, 0.4) is 0 Å². The van der Waals surface area contributed by atoms with Gasteiger partial charge in [0.2, 0.25) is 23.6 Å². The van der Waals surface area contributed by atoms with Crippen LogP contribution in [-0.4, -0.2) is 91.7 Å². The van der Waals surface area contributed by atoms with E-state index >= 15 is 4.79 Å². The standard InChI is InChI=1S/C39H52F3N5O8S/c1-24(2)21-45-34(49)20-32(55-37(52)39(40,41)42)31(19-27-14-8-5-9-15-27)46-36(51)38(23-43,29-22-56(53,54)33-17-11-10-16-28(29)33)47(25(3)48)35(50)30(44)18-26-12-6-4-7-13-26/h4,6-7,10-13,16-17,24,27,29-32H,5,8-9,14-15,18-23,43-44H2,1-3H3,(H,45,49)(H,46,51)/t29?,30-,31-,32-,38+/m0/s1. The second-order valence-corrected chi connectivity index (χ2v) is 17.2. The predicted octanol–water partition coefficient (Wildman–Crippen LogP) is 3.29. The molecule has 1 fully saturated rings. The van der Waals surface area contributed by atoms with E-state index in [1.165, 1.54) is 24.3 Å². The van der Waals surface area contributed by atoms with Crippen molar-refractivity contribution in [3.63, 3.8) is 0 Å². The minimum atomic E-state index is -5.46. The summed E-state index contributed by atoms with van der Waals surface area (Å²) in [6.45, 7) is 3.91. The summed E-state index contributed by atoms with van der Waals surface area (Å²) >= 11 is 0. The van der Waals surface area contributed by atoms with Crippen LogP contribution in [0, 0.1) is 11.8 Å². The van der Waals surface area contributed by atoms with E-state index in [0.717, 1.165) is 26.2 Å². The number of imide groups is 1. The zero-order valence-electron chi connectivity index (χ0n) is 31.8. The average molecular weight is 808 g/mol. The van der Waals surface area contributed by atoms with Crippen LogP contribution in [0.15, 0.2) is 59.5 Å². The summed E-state index contributed by atoms with van der Waals surface area (Å²) in [5.74, 6) is -9.05. The van der Waals surface area contributed by atoms with Gasteiger partial charge in [0.05, 0.1) is 29.2 Å². The molecule has 13 nitrogen and oxygen atoms in total. The van der Waals surface area contributed by atoms with Gasteiger partial charge in [-0.3, -0.25) is 24.1 Å². The maximum Gasteiger partial charge on any atom is 0.490 e. The van der Waals surface area contributed by atoms with Gasteiger partial charge in [0.1, 0.15) is 11.6 Å². The molecule has 4 amide bonds. The van der Waals surface area contributed by atoms with Gasteiger partial charge < -0.3 is 26.8 Å². The van der Waals surface area contributed by atoms with E-state index < -0.39 is 94.0 Å². The van der Waals surface area contributed by atoms with Crippen LogP contribution >= 0.6 is 0 Å². The molecule has 308 valence electrons. The van der Waals surface area contributed by atoms with Crippen molar-refractivity contribution in [1.82, 2.24) is 15.5 Å². The van der Waals surface area contributed by atoms with Crippen LogP contribution in [0.25, 0.3) is 0 Å². The Morgan fingerprint density at radius 2 is 1.59 bits per heavy atom. The lowest BCUT2D eigenvalue weighted by Crippen LogP contribution is -2.72. The van der Waals surface area contributed by atoms with Crippen molar-refractivity contribution in [3.05, 3.63) is 65.7 Å². The summed E-state index contributed by atoms with van der Waals surface area (Å²) in [6, 6.07) is 11.4.